The minimum atomic E-state index is -4.40. The third kappa shape index (κ3) is 3.62. The van der Waals surface area contributed by atoms with E-state index in [0.29, 0.717) is 17.3 Å². The van der Waals surface area contributed by atoms with Crippen molar-refractivity contribution in [1.29, 1.82) is 0 Å². The first-order valence-electron chi connectivity index (χ1n) is 5.70. The Morgan fingerprint density at radius 3 is 2.53 bits per heavy atom. The molecule has 1 aliphatic rings. The Balaban J connectivity index is 2.24. The van der Waals surface area contributed by atoms with Gasteiger partial charge in [0.05, 0.1) is 5.56 Å². The molecule has 104 valence electrons. The topological polar surface area (TPSA) is 46.3 Å². The second kappa shape index (κ2) is 5.03. The van der Waals surface area contributed by atoms with Crippen LogP contribution in [0.15, 0.2) is 22.7 Å². The van der Waals surface area contributed by atoms with E-state index in [1.54, 1.807) is 6.07 Å². The summed E-state index contributed by atoms with van der Waals surface area (Å²) in [5.74, 6) is -0.662. The van der Waals surface area contributed by atoms with E-state index in [-0.39, 0.29) is 17.3 Å². The maximum Gasteiger partial charge on any atom is 0.406 e. The van der Waals surface area contributed by atoms with Crippen molar-refractivity contribution < 1.29 is 18.0 Å². The van der Waals surface area contributed by atoms with Crippen molar-refractivity contribution in [2.24, 2.45) is 0 Å². The van der Waals surface area contributed by atoms with Gasteiger partial charge in [-0.3, -0.25) is 4.79 Å². The van der Waals surface area contributed by atoms with Gasteiger partial charge in [-0.2, -0.15) is 13.2 Å². The molecule has 2 rings (SSSR count). The van der Waals surface area contributed by atoms with Crippen LogP contribution in [0.4, 0.5) is 18.9 Å². The molecule has 0 saturated heterocycles. The number of alkyl halides is 3. The molecule has 1 saturated carbocycles. The fraction of sp³-hybridized carbons (Fsp3) is 0.417. The molecular weight excluding hydrogens is 325 g/mol. The van der Waals surface area contributed by atoms with Crippen LogP contribution in [0.25, 0.3) is 0 Å². The Morgan fingerprint density at radius 1 is 1.42 bits per heavy atom. The van der Waals surface area contributed by atoms with Gasteiger partial charge >= 0.3 is 6.18 Å². The number of nitrogens with zero attached hydrogens (tertiary/aromatic N) is 1. The molecule has 1 aliphatic carbocycles. The lowest BCUT2D eigenvalue weighted by atomic mass is 10.1. The minimum Gasteiger partial charge on any atom is -0.398 e. The third-order valence-electron chi connectivity index (χ3n) is 2.84. The summed E-state index contributed by atoms with van der Waals surface area (Å²) in [6.07, 6.45) is -3.18. The zero-order valence-electron chi connectivity index (χ0n) is 9.88. The van der Waals surface area contributed by atoms with Gasteiger partial charge in [0, 0.05) is 16.2 Å². The number of rotatable bonds is 3. The van der Waals surface area contributed by atoms with E-state index in [2.05, 4.69) is 15.9 Å². The molecule has 3 nitrogen and oxygen atoms in total. The number of benzene rings is 1. The van der Waals surface area contributed by atoms with Crippen molar-refractivity contribution in [1.82, 2.24) is 4.90 Å². The van der Waals surface area contributed by atoms with Crippen LogP contribution in [0, 0.1) is 0 Å². The number of amides is 1. The quantitative estimate of drug-likeness (QED) is 0.861. The summed E-state index contributed by atoms with van der Waals surface area (Å²) in [7, 11) is 0. The lowest BCUT2D eigenvalue weighted by molar-refractivity contribution is -0.141. The summed E-state index contributed by atoms with van der Waals surface area (Å²) < 4.78 is 38.2. The molecule has 2 N–H and O–H groups in total. The Kier molecular flexibility index (Phi) is 3.75. The summed E-state index contributed by atoms with van der Waals surface area (Å²) in [5.41, 5.74) is 5.97. The van der Waals surface area contributed by atoms with Crippen molar-refractivity contribution in [2.45, 2.75) is 25.1 Å². The fourth-order valence-corrected chi connectivity index (χ4v) is 2.21. The molecule has 0 radical (unpaired) electrons. The molecule has 0 atom stereocenters. The lowest BCUT2D eigenvalue weighted by Crippen LogP contribution is -2.40. The van der Waals surface area contributed by atoms with E-state index in [1.165, 1.54) is 12.1 Å². The average molecular weight is 337 g/mol. The van der Waals surface area contributed by atoms with Crippen LogP contribution in [-0.2, 0) is 0 Å². The first-order valence-corrected chi connectivity index (χ1v) is 6.50. The molecule has 0 spiro atoms. The van der Waals surface area contributed by atoms with E-state index in [1.807, 2.05) is 0 Å². The zero-order chi connectivity index (χ0) is 14.2. The zero-order valence-corrected chi connectivity index (χ0v) is 11.5. The Hall–Kier alpha value is -1.24. The number of nitrogens with two attached hydrogens (primary N) is 1. The monoisotopic (exact) mass is 336 g/mol. The number of carbonyl (C=O) groups excluding carboxylic acids is 1. The average Bonchev–Trinajstić information content (AvgIpc) is 3.07. The number of nitrogen functional groups attached to an aromatic ring is 1. The number of anilines is 1. The van der Waals surface area contributed by atoms with Gasteiger partial charge in [-0.25, -0.2) is 0 Å². The molecule has 1 amide bonds. The smallest absolute Gasteiger partial charge is 0.398 e. The summed E-state index contributed by atoms with van der Waals surface area (Å²) in [6.45, 7) is -1.23. The highest BCUT2D eigenvalue weighted by atomic mass is 79.9. The molecule has 19 heavy (non-hydrogen) atoms. The summed E-state index contributed by atoms with van der Waals surface area (Å²) >= 11 is 3.19. The summed E-state index contributed by atoms with van der Waals surface area (Å²) in [4.78, 5) is 13.0. The summed E-state index contributed by atoms with van der Waals surface area (Å²) in [5, 5.41) is 0. The molecule has 1 aromatic rings. The van der Waals surface area contributed by atoms with Gasteiger partial charge < -0.3 is 10.6 Å². The normalized spacial score (nSPS) is 15.4. The predicted octanol–water partition coefficient (Wildman–Crippen LogP) is 3.20. The second-order valence-corrected chi connectivity index (χ2v) is 5.43. The predicted molar refractivity (Wildman–Crippen MR) is 68.7 cm³/mol. The van der Waals surface area contributed by atoms with Gasteiger partial charge in [0.2, 0.25) is 0 Å². The second-order valence-electron chi connectivity index (χ2n) is 4.51. The van der Waals surface area contributed by atoms with Crippen LogP contribution in [0.5, 0.6) is 0 Å². The first kappa shape index (κ1) is 14.2. The molecule has 0 heterocycles. The highest BCUT2D eigenvalue weighted by molar-refractivity contribution is 9.10. The molecule has 1 aromatic carbocycles. The van der Waals surface area contributed by atoms with Crippen molar-refractivity contribution in [3.8, 4) is 0 Å². The molecule has 0 aliphatic heterocycles. The third-order valence-corrected chi connectivity index (χ3v) is 3.34. The minimum absolute atomic E-state index is 0.111. The van der Waals surface area contributed by atoms with E-state index < -0.39 is 18.6 Å². The molecule has 7 heteroatoms. The highest BCUT2D eigenvalue weighted by Crippen LogP contribution is 2.32. The standard InChI is InChI=1S/C12H12BrF3N2O/c13-7-1-4-9(10(17)5-7)11(19)18(8-2-3-8)6-12(14,15)16/h1,4-5,8H,2-3,6,17H2. The lowest BCUT2D eigenvalue weighted by Gasteiger charge is -2.24. The molecule has 0 aromatic heterocycles. The van der Waals surface area contributed by atoms with Crippen LogP contribution in [0.2, 0.25) is 0 Å². The largest absolute Gasteiger partial charge is 0.406 e. The Bertz CT molecular complexity index is 500. The van der Waals surface area contributed by atoms with Crippen LogP contribution >= 0.6 is 15.9 Å². The maximum atomic E-state index is 12.5. The molecular formula is C12H12BrF3N2O. The van der Waals surface area contributed by atoms with Crippen molar-refractivity contribution in [3.63, 3.8) is 0 Å². The van der Waals surface area contributed by atoms with Crippen LogP contribution in [-0.4, -0.2) is 29.6 Å². The Morgan fingerprint density at radius 2 is 2.05 bits per heavy atom. The van der Waals surface area contributed by atoms with Gasteiger partial charge in [-0.1, -0.05) is 15.9 Å². The van der Waals surface area contributed by atoms with Gasteiger partial charge in [0.1, 0.15) is 6.54 Å². The van der Waals surface area contributed by atoms with Gasteiger partial charge in [0.15, 0.2) is 0 Å². The van der Waals surface area contributed by atoms with Crippen LogP contribution in [0.3, 0.4) is 0 Å². The highest BCUT2D eigenvalue weighted by Gasteiger charge is 2.41. The first-order chi connectivity index (χ1) is 8.78. The fourth-order valence-electron chi connectivity index (χ4n) is 1.83. The number of hydrogen-bond donors (Lipinski definition) is 1. The Labute approximate surface area is 116 Å². The maximum absolute atomic E-state index is 12.5. The summed E-state index contributed by atoms with van der Waals surface area (Å²) in [6, 6.07) is 4.21. The molecule has 1 fully saturated rings. The molecule has 0 unspecified atom stereocenters. The van der Waals surface area contributed by atoms with E-state index in [0.717, 1.165) is 4.90 Å². The van der Waals surface area contributed by atoms with Crippen molar-refractivity contribution in [3.05, 3.63) is 28.2 Å². The van der Waals surface area contributed by atoms with Crippen LogP contribution in [0.1, 0.15) is 23.2 Å². The SMILES string of the molecule is Nc1cc(Br)ccc1C(=O)N(CC(F)(F)F)C1CC1. The van der Waals surface area contributed by atoms with Gasteiger partial charge in [-0.15, -0.1) is 0 Å². The van der Waals surface area contributed by atoms with E-state index in [4.69, 9.17) is 5.73 Å². The van der Waals surface area contributed by atoms with Crippen LogP contribution < -0.4 is 5.73 Å². The molecule has 0 bridgehead atoms. The number of hydrogen-bond acceptors (Lipinski definition) is 2. The van der Waals surface area contributed by atoms with E-state index >= 15 is 0 Å². The number of halogens is 4. The number of carbonyl (C=O) groups is 1. The van der Waals surface area contributed by atoms with Gasteiger partial charge in [0.25, 0.3) is 5.91 Å². The van der Waals surface area contributed by atoms with Crippen molar-refractivity contribution >= 4 is 27.5 Å². The van der Waals surface area contributed by atoms with E-state index in [9.17, 15) is 18.0 Å². The van der Waals surface area contributed by atoms with Crippen molar-refractivity contribution in [2.75, 3.05) is 12.3 Å². The van der Waals surface area contributed by atoms with Gasteiger partial charge in [-0.05, 0) is 31.0 Å².